The van der Waals surface area contributed by atoms with Gasteiger partial charge in [0.1, 0.15) is 11.6 Å². The van der Waals surface area contributed by atoms with Crippen molar-refractivity contribution in [2.24, 2.45) is 0 Å². The van der Waals surface area contributed by atoms with Gasteiger partial charge in [0.15, 0.2) is 0 Å². The zero-order valence-corrected chi connectivity index (χ0v) is 7.67. The van der Waals surface area contributed by atoms with Crippen LogP contribution in [0.2, 0.25) is 0 Å². The molecule has 1 heterocycles. The zero-order valence-electron chi connectivity index (χ0n) is 7.67. The lowest BCUT2D eigenvalue weighted by atomic mass is 10.2. The van der Waals surface area contributed by atoms with Crippen molar-refractivity contribution in [2.75, 3.05) is 5.73 Å². The Morgan fingerprint density at radius 2 is 2.25 bits per heavy atom. The number of rotatable bonds is 3. The van der Waals surface area contributed by atoms with Crippen LogP contribution >= 0.6 is 0 Å². The third-order valence-corrected chi connectivity index (χ3v) is 1.81. The van der Waals surface area contributed by atoms with E-state index in [9.17, 15) is 0 Å². The minimum absolute atomic E-state index is 0.608. The van der Waals surface area contributed by atoms with Gasteiger partial charge in [0, 0.05) is 18.2 Å². The lowest BCUT2D eigenvalue weighted by Gasteiger charge is -2.01. The molecule has 12 heavy (non-hydrogen) atoms. The number of unbranched alkanes of at least 4 members (excludes halogenated alkanes) is 1. The predicted octanol–water partition coefficient (Wildman–Crippen LogP) is 1.71. The van der Waals surface area contributed by atoms with Gasteiger partial charge in [-0.1, -0.05) is 13.3 Å². The minimum Gasteiger partial charge on any atom is -0.383 e. The molecule has 2 N–H and O–H groups in total. The molecule has 1 aromatic heterocycles. The van der Waals surface area contributed by atoms with E-state index < -0.39 is 0 Å². The number of aryl methyl sites for hydroxylation is 2. The number of nitrogens with two attached hydrogens (primary N) is 1. The largest absolute Gasteiger partial charge is 0.383 e. The van der Waals surface area contributed by atoms with Gasteiger partial charge in [-0.15, -0.1) is 0 Å². The average Bonchev–Trinajstić information content (AvgIpc) is 2.07. The Morgan fingerprint density at radius 1 is 1.50 bits per heavy atom. The van der Waals surface area contributed by atoms with Crippen molar-refractivity contribution in [2.45, 2.75) is 33.1 Å². The van der Waals surface area contributed by atoms with Gasteiger partial charge in [0.2, 0.25) is 0 Å². The number of nitrogen functional groups attached to an aromatic ring is 1. The molecule has 0 unspecified atom stereocenters. The van der Waals surface area contributed by atoms with E-state index in [0.717, 1.165) is 30.7 Å². The molecule has 0 bridgehead atoms. The third-order valence-electron chi connectivity index (χ3n) is 1.81. The normalized spacial score (nSPS) is 10.2. The summed E-state index contributed by atoms with van der Waals surface area (Å²) < 4.78 is 0. The van der Waals surface area contributed by atoms with Crippen LogP contribution in [0.5, 0.6) is 0 Å². The highest BCUT2D eigenvalue weighted by Gasteiger charge is 1.98. The highest BCUT2D eigenvalue weighted by molar-refractivity contribution is 5.35. The first-order valence-corrected chi connectivity index (χ1v) is 4.32. The molecular weight excluding hydrogens is 150 g/mol. The Hall–Kier alpha value is -1.12. The van der Waals surface area contributed by atoms with E-state index in [0.29, 0.717) is 5.82 Å². The van der Waals surface area contributed by atoms with Crippen LogP contribution < -0.4 is 5.73 Å². The predicted molar refractivity (Wildman–Crippen MR) is 49.8 cm³/mol. The number of anilines is 1. The summed E-state index contributed by atoms with van der Waals surface area (Å²) in [4.78, 5) is 8.36. The van der Waals surface area contributed by atoms with Gasteiger partial charge in [-0.3, -0.25) is 0 Å². The quantitative estimate of drug-likeness (QED) is 0.741. The Balaban J connectivity index is 2.69. The van der Waals surface area contributed by atoms with Crippen LogP contribution in [0.3, 0.4) is 0 Å². The highest BCUT2D eigenvalue weighted by atomic mass is 14.9. The van der Waals surface area contributed by atoms with Crippen LogP contribution in [-0.4, -0.2) is 9.97 Å². The molecule has 0 fully saturated rings. The second-order valence-corrected chi connectivity index (χ2v) is 2.96. The molecule has 66 valence electrons. The summed E-state index contributed by atoms with van der Waals surface area (Å²) in [7, 11) is 0. The molecule has 0 saturated carbocycles. The van der Waals surface area contributed by atoms with Crippen molar-refractivity contribution in [3.63, 3.8) is 0 Å². The van der Waals surface area contributed by atoms with Crippen molar-refractivity contribution in [3.05, 3.63) is 17.6 Å². The van der Waals surface area contributed by atoms with Crippen LogP contribution in [0.15, 0.2) is 6.20 Å². The molecule has 0 aliphatic carbocycles. The molecule has 0 saturated heterocycles. The molecule has 0 aliphatic rings. The average molecular weight is 165 g/mol. The monoisotopic (exact) mass is 165 g/mol. The van der Waals surface area contributed by atoms with Crippen molar-refractivity contribution in [1.82, 2.24) is 9.97 Å². The van der Waals surface area contributed by atoms with Crippen molar-refractivity contribution >= 4 is 5.82 Å². The Morgan fingerprint density at radius 3 is 2.83 bits per heavy atom. The summed E-state index contributed by atoms with van der Waals surface area (Å²) in [6.45, 7) is 4.07. The molecule has 0 amide bonds. The zero-order chi connectivity index (χ0) is 8.97. The van der Waals surface area contributed by atoms with Crippen molar-refractivity contribution < 1.29 is 0 Å². The fraction of sp³-hybridized carbons (Fsp3) is 0.556. The third kappa shape index (κ3) is 2.19. The molecule has 3 nitrogen and oxygen atoms in total. The van der Waals surface area contributed by atoms with Crippen LogP contribution in [0, 0.1) is 6.92 Å². The molecule has 0 spiro atoms. The summed E-state index contributed by atoms with van der Waals surface area (Å²) in [5.74, 6) is 1.47. The molecule has 1 rings (SSSR count). The summed E-state index contributed by atoms with van der Waals surface area (Å²) >= 11 is 0. The van der Waals surface area contributed by atoms with Gasteiger partial charge in [-0.2, -0.15) is 0 Å². The smallest absolute Gasteiger partial charge is 0.130 e. The lowest BCUT2D eigenvalue weighted by Crippen LogP contribution is -2.01. The van der Waals surface area contributed by atoms with Gasteiger partial charge in [0.05, 0.1) is 0 Å². The van der Waals surface area contributed by atoms with Crippen LogP contribution in [0.4, 0.5) is 5.82 Å². The summed E-state index contributed by atoms with van der Waals surface area (Å²) in [6, 6.07) is 0. The van der Waals surface area contributed by atoms with E-state index in [-0.39, 0.29) is 0 Å². The maximum Gasteiger partial charge on any atom is 0.130 e. The van der Waals surface area contributed by atoms with Crippen LogP contribution in [-0.2, 0) is 6.42 Å². The second-order valence-electron chi connectivity index (χ2n) is 2.96. The van der Waals surface area contributed by atoms with E-state index in [4.69, 9.17) is 5.73 Å². The lowest BCUT2D eigenvalue weighted by molar-refractivity contribution is 0.752. The van der Waals surface area contributed by atoms with Gasteiger partial charge in [-0.25, -0.2) is 9.97 Å². The Bertz CT molecular complexity index is 258. The van der Waals surface area contributed by atoms with E-state index in [1.54, 1.807) is 6.20 Å². The standard InChI is InChI=1S/C9H15N3/c1-3-4-5-8-11-6-7(2)9(10)12-8/h6H,3-5H2,1-2H3,(H2,10,11,12). The van der Waals surface area contributed by atoms with Gasteiger partial charge in [-0.05, 0) is 13.3 Å². The number of hydrogen-bond donors (Lipinski definition) is 1. The number of aromatic nitrogens is 2. The first-order chi connectivity index (χ1) is 5.74. The van der Waals surface area contributed by atoms with Crippen LogP contribution in [0.1, 0.15) is 31.2 Å². The molecule has 1 aromatic rings. The molecule has 0 aliphatic heterocycles. The fourth-order valence-corrected chi connectivity index (χ4v) is 0.949. The molecule has 3 heteroatoms. The molecule has 0 atom stereocenters. The Kier molecular flexibility index (Phi) is 3.02. The first-order valence-electron chi connectivity index (χ1n) is 4.32. The van der Waals surface area contributed by atoms with Crippen molar-refractivity contribution in [1.29, 1.82) is 0 Å². The van der Waals surface area contributed by atoms with E-state index >= 15 is 0 Å². The summed E-state index contributed by atoms with van der Waals surface area (Å²) in [6.07, 6.45) is 5.01. The van der Waals surface area contributed by atoms with E-state index in [1.807, 2.05) is 6.92 Å². The number of hydrogen-bond acceptors (Lipinski definition) is 3. The fourth-order valence-electron chi connectivity index (χ4n) is 0.949. The molecule has 0 aromatic carbocycles. The highest BCUT2D eigenvalue weighted by Crippen LogP contribution is 2.06. The summed E-state index contributed by atoms with van der Waals surface area (Å²) in [5, 5.41) is 0. The van der Waals surface area contributed by atoms with Gasteiger partial charge in [0.25, 0.3) is 0 Å². The molecular formula is C9H15N3. The Labute approximate surface area is 73.0 Å². The number of nitrogens with zero attached hydrogens (tertiary/aromatic N) is 2. The van der Waals surface area contributed by atoms with E-state index in [1.165, 1.54) is 0 Å². The summed E-state index contributed by atoms with van der Waals surface area (Å²) in [5.41, 5.74) is 6.60. The van der Waals surface area contributed by atoms with Crippen molar-refractivity contribution in [3.8, 4) is 0 Å². The maximum atomic E-state index is 5.64. The maximum absolute atomic E-state index is 5.64. The second kappa shape index (κ2) is 4.04. The van der Waals surface area contributed by atoms with Crippen LogP contribution in [0.25, 0.3) is 0 Å². The first kappa shape index (κ1) is 8.97. The van der Waals surface area contributed by atoms with Gasteiger partial charge >= 0.3 is 0 Å². The molecule has 0 radical (unpaired) electrons. The minimum atomic E-state index is 0.608. The van der Waals surface area contributed by atoms with E-state index in [2.05, 4.69) is 16.9 Å². The van der Waals surface area contributed by atoms with Gasteiger partial charge < -0.3 is 5.73 Å². The topological polar surface area (TPSA) is 51.8 Å². The SMILES string of the molecule is CCCCc1ncc(C)c(N)n1.